The van der Waals surface area contributed by atoms with Gasteiger partial charge < -0.3 is 5.11 Å². The van der Waals surface area contributed by atoms with Crippen LogP contribution in [-0.4, -0.2) is 10.0 Å². The average molecular weight is 215 g/mol. The number of nitrogens with zero attached hydrogens (tertiary/aromatic N) is 1. The van der Waals surface area contributed by atoms with Gasteiger partial charge in [0.05, 0.1) is 11.0 Å². The highest BCUT2D eigenvalue weighted by Gasteiger charge is 2.14. The van der Waals surface area contributed by atoms with Gasteiger partial charge >= 0.3 is 5.69 Å². The smallest absolute Gasteiger partial charge is 0.304 e. The maximum absolute atomic E-state index is 12.9. The van der Waals surface area contributed by atoms with E-state index in [-0.39, 0.29) is 0 Å². The van der Waals surface area contributed by atoms with Crippen molar-refractivity contribution in [2.45, 2.75) is 26.9 Å². The monoisotopic (exact) mass is 215 g/mol. The van der Waals surface area contributed by atoms with E-state index in [0.717, 1.165) is 12.1 Å². The Morgan fingerprint density at radius 2 is 2.00 bits per heavy atom. The molecule has 1 rings (SSSR count). The molecule has 15 heavy (non-hydrogen) atoms. The van der Waals surface area contributed by atoms with Crippen LogP contribution in [-0.2, 0) is 0 Å². The standard InChI is InChI=1S/C8H8FNO3.C2H6/c1-5(11)6-2-3-8(10(12)13)7(9)4-6;1-2/h2-5,11H,1H3;1-2H3. The van der Waals surface area contributed by atoms with E-state index in [1.807, 2.05) is 13.8 Å². The lowest BCUT2D eigenvalue weighted by molar-refractivity contribution is -0.387. The molecule has 0 saturated carbocycles. The van der Waals surface area contributed by atoms with Crippen molar-refractivity contribution in [3.05, 3.63) is 39.7 Å². The Morgan fingerprint density at radius 1 is 1.47 bits per heavy atom. The molecule has 1 unspecified atom stereocenters. The number of benzene rings is 1. The SMILES string of the molecule is CC.CC(O)c1ccc([N+](=O)[O-])c(F)c1. The molecule has 0 aliphatic carbocycles. The molecule has 1 atom stereocenters. The van der Waals surface area contributed by atoms with E-state index < -0.39 is 22.5 Å². The predicted octanol–water partition coefficient (Wildman–Crippen LogP) is 2.81. The minimum absolute atomic E-state index is 0.322. The van der Waals surface area contributed by atoms with Gasteiger partial charge in [0, 0.05) is 6.07 Å². The highest BCUT2D eigenvalue weighted by molar-refractivity contribution is 5.35. The quantitative estimate of drug-likeness (QED) is 0.609. The second kappa shape index (κ2) is 6.08. The molecule has 0 aromatic heterocycles. The number of hydrogen-bond donors (Lipinski definition) is 1. The molecule has 0 fully saturated rings. The first-order valence-corrected chi connectivity index (χ1v) is 4.64. The summed E-state index contributed by atoms with van der Waals surface area (Å²) in [6.07, 6.45) is -0.824. The van der Waals surface area contributed by atoms with Gasteiger partial charge in [0.1, 0.15) is 0 Å². The molecular weight excluding hydrogens is 201 g/mol. The van der Waals surface area contributed by atoms with Crippen LogP contribution >= 0.6 is 0 Å². The number of aliphatic hydroxyl groups excluding tert-OH is 1. The van der Waals surface area contributed by atoms with Crippen molar-refractivity contribution in [3.8, 4) is 0 Å². The molecule has 1 aromatic carbocycles. The van der Waals surface area contributed by atoms with Crippen LogP contribution in [0.2, 0.25) is 0 Å². The molecule has 0 bridgehead atoms. The van der Waals surface area contributed by atoms with Gasteiger partial charge in [0.2, 0.25) is 5.82 Å². The lowest BCUT2D eigenvalue weighted by atomic mass is 10.1. The zero-order valence-electron chi connectivity index (χ0n) is 8.90. The number of halogens is 1. The Kier molecular flexibility index (Phi) is 5.48. The molecule has 5 heteroatoms. The molecule has 0 spiro atoms. The third kappa shape index (κ3) is 3.63. The van der Waals surface area contributed by atoms with Gasteiger partial charge in [0.15, 0.2) is 0 Å². The van der Waals surface area contributed by atoms with Crippen LogP contribution in [0.4, 0.5) is 10.1 Å². The molecule has 0 saturated heterocycles. The summed E-state index contributed by atoms with van der Waals surface area (Å²) < 4.78 is 12.9. The van der Waals surface area contributed by atoms with Crippen molar-refractivity contribution in [1.82, 2.24) is 0 Å². The summed E-state index contributed by atoms with van der Waals surface area (Å²) >= 11 is 0. The van der Waals surface area contributed by atoms with Gasteiger partial charge in [-0.25, -0.2) is 0 Å². The highest BCUT2D eigenvalue weighted by atomic mass is 19.1. The number of aliphatic hydroxyl groups is 1. The molecule has 1 aromatic rings. The third-order valence-electron chi connectivity index (χ3n) is 1.65. The molecular formula is C10H14FNO3. The van der Waals surface area contributed by atoms with Gasteiger partial charge in [-0.3, -0.25) is 10.1 Å². The van der Waals surface area contributed by atoms with Crippen molar-refractivity contribution in [3.63, 3.8) is 0 Å². The molecule has 0 aliphatic rings. The summed E-state index contributed by atoms with van der Waals surface area (Å²) in [5.41, 5.74) is -0.257. The van der Waals surface area contributed by atoms with Crippen molar-refractivity contribution >= 4 is 5.69 Å². The lowest BCUT2D eigenvalue weighted by Gasteiger charge is -2.03. The van der Waals surface area contributed by atoms with Crippen molar-refractivity contribution < 1.29 is 14.4 Å². The van der Waals surface area contributed by atoms with Gasteiger partial charge in [-0.1, -0.05) is 13.8 Å². The van der Waals surface area contributed by atoms with Crippen molar-refractivity contribution in [2.75, 3.05) is 0 Å². The van der Waals surface area contributed by atoms with Crippen LogP contribution in [0, 0.1) is 15.9 Å². The fourth-order valence-corrected chi connectivity index (χ4v) is 0.931. The summed E-state index contributed by atoms with van der Waals surface area (Å²) in [6, 6.07) is 3.33. The summed E-state index contributed by atoms with van der Waals surface area (Å²) in [5.74, 6) is -0.927. The predicted molar refractivity (Wildman–Crippen MR) is 55.0 cm³/mol. The first kappa shape index (κ1) is 13.5. The summed E-state index contributed by atoms with van der Waals surface area (Å²) in [4.78, 5) is 9.40. The van der Waals surface area contributed by atoms with Gasteiger partial charge in [0.25, 0.3) is 0 Å². The fourth-order valence-electron chi connectivity index (χ4n) is 0.931. The summed E-state index contributed by atoms with van der Waals surface area (Å²) in [5, 5.41) is 19.2. The van der Waals surface area contributed by atoms with Gasteiger partial charge in [-0.15, -0.1) is 0 Å². The van der Waals surface area contributed by atoms with E-state index in [2.05, 4.69) is 0 Å². The van der Waals surface area contributed by atoms with E-state index in [1.165, 1.54) is 13.0 Å². The topological polar surface area (TPSA) is 63.4 Å². The second-order valence-electron chi connectivity index (χ2n) is 2.64. The van der Waals surface area contributed by atoms with Crippen LogP contribution in [0.5, 0.6) is 0 Å². The molecule has 4 nitrogen and oxygen atoms in total. The van der Waals surface area contributed by atoms with Gasteiger partial charge in [-0.05, 0) is 24.6 Å². The zero-order chi connectivity index (χ0) is 12.0. The fraction of sp³-hybridized carbons (Fsp3) is 0.400. The van der Waals surface area contributed by atoms with Gasteiger partial charge in [-0.2, -0.15) is 4.39 Å². The first-order chi connectivity index (χ1) is 7.02. The van der Waals surface area contributed by atoms with E-state index in [4.69, 9.17) is 5.11 Å². The van der Waals surface area contributed by atoms with Crippen molar-refractivity contribution in [1.29, 1.82) is 0 Å². The summed E-state index contributed by atoms with van der Waals surface area (Å²) in [7, 11) is 0. The molecule has 0 heterocycles. The van der Waals surface area contributed by atoms with Crippen LogP contribution in [0.3, 0.4) is 0 Å². The Balaban J connectivity index is 0.000000921. The number of nitro groups is 1. The van der Waals surface area contributed by atoms with E-state index in [1.54, 1.807) is 0 Å². The molecule has 0 aliphatic heterocycles. The van der Waals surface area contributed by atoms with Crippen LogP contribution < -0.4 is 0 Å². The Bertz CT molecular complexity index is 339. The van der Waals surface area contributed by atoms with Crippen LogP contribution in [0.1, 0.15) is 32.4 Å². The highest BCUT2D eigenvalue weighted by Crippen LogP contribution is 2.21. The second-order valence-corrected chi connectivity index (χ2v) is 2.64. The maximum atomic E-state index is 12.9. The molecule has 1 N–H and O–H groups in total. The minimum atomic E-state index is -0.927. The van der Waals surface area contributed by atoms with E-state index in [9.17, 15) is 14.5 Å². The Labute approximate surface area is 87.5 Å². The Morgan fingerprint density at radius 3 is 2.33 bits per heavy atom. The molecule has 0 radical (unpaired) electrons. The van der Waals surface area contributed by atoms with Crippen LogP contribution in [0.25, 0.3) is 0 Å². The van der Waals surface area contributed by atoms with Crippen LogP contribution in [0.15, 0.2) is 18.2 Å². The average Bonchev–Trinajstić information content (AvgIpc) is 2.20. The lowest BCUT2D eigenvalue weighted by Crippen LogP contribution is -1.96. The Hall–Kier alpha value is -1.49. The number of hydrogen-bond acceptors (Lipinski definition) is 3. The maximum Gasteiger partial charge on any atom is 0.304 e. The largest absolute Gasteiger partial charge is 0.389 e. The molecule has 84 valence electrons. The molecule has 0 amide bonds. The summed E-state index contributed by atoms with van der Waals surface area (Å²) in [6.45, 7) is 5.46. The minimum Gasteiger partial charge on any atom is -0.389 e. The normalized spacial score (nSPS) is 11.3. The first-order valence-electron chi connectivity index (χ1n) is 4.64. The van der Waals surface area contributed by atoms with E-state index >= 15 is 0 Å². The van der Waals surface area contributed by atoms with Crippen molar-refractivity contribution in [2.24, 2.45) is 0 Å². The number of nitro benzene ring substituents is 1. The zero-order valence-corrected chi connectivity index (χ0v) is 8.90. The number of rotatable bonds is 2. The third-order valence-corrected chi connectivity index (χ3v) is 1.65. The van der Waals surface area contributed by atoms with E-state index in [0.29, 0.717) is 5.56 Å².